The molecule has 0 saturated heterocycles. The Kier molecular flexibility index (Phi) is 5.97. The van der Waals surface area contributed by atoms with E-state index in [0.29, 0.717) is 0 Å². The number of fused-ring (bicyclic) bond motifs is 1. The van der Waals surface area contributed by atoms with Gasteiger partial charge in [0.15, 0.2) is 0 Å². The Balaban J connectivity index is 2.15. The van der Waals surface area contributed by atoms with Crippen LogP contribution in [0, 0.1) is 6.92 Å². The molecule has 21 heavy (non-hydrogen) atoms. The molecule has 0 spiro atoms. The van der Waals surface area contributed by atoms with Crippen LogP contribution in [0.4, 0.5) is 5.69 Å². The molecule has 1 unspecified atom stereocenters. The number of hydrogen-bond donors (Lipinski definition) is 0. The molecule has 0 aromatic heterocycles. The maximum Gasteiger partial charge on any atom is 0.0627 e. The molecule has 118 valence electrons. The molecule has 1 atom stereocenters. The van der Waals surface area contributed by atoms with Crippen molar-refractivity contribution in [1.82, 2.24) is 0 Å². The summed E-state index contributed by atoms with van der Waals surface area (Å²) >= 11 is 1.95. The maximum absolute atomic E-state index is 5.45. The summed E-state index contributed by atoms with van der Waals surface area (Å²) in [7, 11) is 3.56. The zero-order valence-corrected chi connectivity index (χ0v) is 14.5. The average Bonchev–Trinajstić information content (AvgIpc) is 2.44. The first-order chi connectivity index (χ1) is 10.1. The minimum absolute atomic E-state index is 0.123. The zero-order valence-electron chi connectivity index (χ0n) is 13.6. The third kappa shape index (κ3) is 4.38. The van der Waals surface area contributed by atoms with Crippen LogP contribution in [0.5, 0.6) is 0 Å². The topological polar surface area (TPSA) is 21.7 Å². The summed E-state index contributed by atoms with van der Waals surface area (Å²) in [5, 5.41) is 0. The van der Waals surface area contributed by atoms with Crippen molar-refractivity contribution in [2.75, 3.05) is 45.4 Å². The first-order valence-corrected chi connectivity index (χ1v) is 8.42. The van der Waals surface area contributed by atoms with E-state index in [2.05, 4.69) is 36.9 Å². The van der Waals surface area contributed by atoms with E-state index in [9.17, 15) is 0 Å². The first kappa shape index (κ1) is 16.7. The molecule has 1 aliphatic heterocycles. The first-order valence-electron chi connectivity index (χ1n) is 7.60. The van der Waals surface area contributed by atoms with Crippen LogP contribution in [-0.2, 0) is 9.47 Å². The number of aryl methyl sites for hydroxylation is 1. The van der Waals surface area contributed by atoms with E-state index < -0.39 is 0 Å². The van der Waals surface area contributed by atoms with Crippen LogP contribution in [0.15, 0.2) is 23.1 Å². The normalized spacial score (nSPS) is 21.4. The van der Waals surface area contributed by atoms with Crippen molar-refractivity contribution in [3.63, 3.8) is 0 Å². The van der Waals surface area contributed by atoms with Gasteiger partial charge in [0.2, 0.25) is 0 Å². The fourth-order valence-electron chi connectivity index (χ4n) is 2.88. The van der Waals surface area contributed by atoms with Crippen molar-refractivity contribution in [3.05, 3.63) is 23.8 Å². The largest absolute Gasteiger partial charge is 0.385 e. The highest BCUT2D eigenvalue weighted by Crippen LogP contribution is 2.45. The lowest BCUT2D eigenvalue weighted by Gasteiger charge is -2.42. The molecule has 1 aromatic carbocycles. The zero-order chi connectivity index (χ0) is 15.3. The standard InChI is InChI=1S/C17H27NO2S/c1-14-7-8-16-15(11-14)18(9-5-6-10-19-3)12-17(2,21-16)13-20-4/h7-8,11H,5-6,9-10,12-13H2,1-4H3. The van der Waals surface area contributed by atoms with Gasteiger partial charge in [-0.15, -0.1) is 11.8 Å². The molecular weight excluding hydrogens is 282 g/mol. The molecule has 0 bridgehead atoms. The third-order valence-electron chi connectivity index (χ3n) is 3.81. The van der Waals surface area contributed by atoms with E-state index in [-0.39, 0.29) is 4.75 Å². The summed E-state index contributed by atoms with van der Waals surface area (Å²) in [4.78, 5) is 3.89. The Labute approximate surface area is 133 Å². The van der Waals surface area contributed by atoms with Crippen molar-refractivity contribution < 1.29 is 9.47 Å². The predicted octanol–water partition coefficient (Wildman–Crippen LogP) is 3.74. The minimum Gasteiger partial charge on any atom is -0.385 e. The fraction of sp³-hybridized carbons (Fsp3) is 0.647. The van der Waals surface area contributed by atoms with Gasteiger partial charge in [-0.2, -0.15) is 0 Å². The van der Waals surface area contributed by atoms with Gasteiger partial charge in [-0.25, -0.2) is 0 Å². The van der Waals surface area contributed by atoms with Gasteiger partial charge in [-0.1, -0.05) is 6.07 Å². The lowest BCUT2D eigenvalue weighted by Crippen LogP contribution is -2.45. The van der Waals surface area contributed by atoms with E-state index in [1.807, 2.05) is 11.8 Å². The van der Waals surface area contributed by atoms with E-state index in [1.165, 1.54) is 16.1 Å². The van der Waals surface area contributed by atoms with Crippen molar-refractivity contribution in [2.45, 2.75) is 36.3 Å². The van der Waals surface area contributed by atoms with Crippen LogP contribution in [0.2, 0.25) is 0 Å². The number of ether oxygens (including phenoxy) is 2. The summed E-state index contributed by atoms with van der Waals surface area (Å²) in [6, 6.07) is 6.77. The van der Waals surface area contributed by atoms with Gasteiger partial charge in [0.05, 0.1) is 17.0 Å². The maximum atomic E-state index is 5.45. The molecule has 4 heteroatoms. The van der Waals surface area contributed by atoms with Gasteiger partial charge in [-0.05, 0) is 44.4 Å². The Hall–Kier alpha value is -0.710. The van der Waals surface area contributed by atoms with Crippen LogP contribution in [0.25, 0.3) is 0 Å². The third-order valence-corrected chi connectivity index (χ3v) is 5.12. The highest BCUT2D eigenvalue weighted by molar-refractivity contribution is 8.01. The highest BCUT2D eigenvalue weighted by atomic mass is 32.2. The number of unbranched alkanes of at least 4 members (excludes halogenated alkanes) is 1. The fourth-order valence-corrected chi connectivity index (χ4v) is 4.23. The second-order valence-electron chi connectivity index (χ2n) is 6.08. The number of rotatable bonds is 7. The molecule has 1 aliphatic rings. The predicted molar refractivity (Wildman–Crippen MR) is 90.6 cm³/mol. The molecule has 3 nitrogen and oxygen atoms in total. The SMILES string of the molecule is COCCCCN1CC(C)(COC)Sc2ccc(C)cc21. The van der Waals surface area contributed by atoms with Crippen LogP contribution < -0.4 is 4.90 Å². The van der Waals surface area contributed by atoms with Gasteiger partial charge in [0.1, 0.15) is 0 Å². The summed E-state index contributed by atoms with van der Waals surface area (Å²) < 4.78 is 10.7. The van der Waals surface area contributed by atoms with Crippen molar-refractivity contribution in [1.29, 1.82) is 0 Å². The van der Waals surface area contributed by atoms with Gasteiger partial charge in [0.25, 0.3) is 0 Å². The van der Waals surface area contributed by atoms with Crippen molar-refractivity contribution >= 4 is 17.4 Å². The molecule has 2 rings (SSSR count). The van der Waals surface area contributed by atoms with E-state index in [4.69, 9.17) is 9.47 Å². The second kappa shape index (κ2) is 7.52. The lowest BCUT2D eigenvalue weighted by atomic mass is 10.1. The van der Waals surface area contributed by atoms with Crippen LogP contribution >= 0.6 is 11.8 Å². The van der Waals surface area contributed by atoms with Crippen molar-refractivity contribution in [2.24, 2.45) is 0 Å². The van der Waals surface area contributed by atoms with Crippen LogP contribution in [0.3, 0.4) is 0 Å². The monoisotopic (exact) mass is 309 g/mol. The molecule has 0 fully saturated rings. The summed E-state index contributed by atoms with van der Waals surface area (Å²) in [5.41, 5.74) is 2.71. The molecule has 0 N–H and O–H groups in total. The number of nitrogens with zero attached hydrogens (tertiary/aromatic N) is 1. The summed E-state index contributed by atoms with van der Waals surface area (Å²) in [6.45, 7) is 8.20. The van der Waals surface area contributed by atoms with Crippen LogP contribution in [-0.4, -0.2) is 45.3 Å². The van der Waals surface area contributed by atoms with Gasteiger partial charge >= 0.3 is 0 Å². The number of hydrogen-bond acceptors (Lipinski definition) is 4. The Morgan fingerprint density at radius 1 is 1.24 bits per heavy atom. The minimum atomic E-state index is 0.123. The number of anilines is 1. The number of methoxy groups -OCH3 is 2. The molecule has 1 aromatic rings. The molecule has 0 saturated carbocycles. The van der Waals surface area contributed by atoms with Gasteiger partial charge in [0, 0.05) is 38.8 Å². The molecule has 0 aliphatic carbocycles. The number of thioether (sulfide) groups is 1. The van der Waals surface area contributed by atoms with Gasteiger partial charge in [-0.3, -0.25) is 0 Å². The lowest BCUT2D eigenvalue weighted by molar-refractivity contribution is 0.173. The quantitative estimate of drug-likeness (QED) is 0.715. The number of benzene rings is 1. The van der Waals surface area contributed by atoms with E-state index >= 15 is 0 Å². The Bertz CT molecular complexity index is 466. The molecule has 0 radical (unpaired) electrons. The smallest absolute Gasteiger partial charge is 0.0627 e. The summed E-state index contributed by atoms with van der Waals surface area (Å²) in [5.74, 6) is 0. The van der Waals surface area contributed by atoms with Gasteiger partial charge < -0.3 is 14.4 Å². The second-order valence-corrected chi connectivity index (χ2v) is 7.71. The molecule has 1 heterocycles. The van der Waals surface area contributed by atoms with E-state index in [1.54, 1.807) is 14.2 Å². The summed E-state index contributed by atoms with van der Waals surface area (Å²) in [6.07, 6.45) is 2.28. The average molecular weight is 309 g/mol. The van der Waals surface area contributed by atoms with Crippen molar-refractivity contribution in [3.8, 4) is 0 Å². The molecular formula is C17H27NO2S. The highest BCUT2D eigenvalue weighted by Gasteiger charge is 2.34. The Morgan fingerprint density at radius 3 is 2.76 bits per heavy atom. The van der Waals surface area contributed by atoms with E-state index in [0.717, 1.165) is 39.1 Å². The molecule has 0 amide bonds. The Morgan fingerprint density at radius 2 is 2.05 bits per heavy atom. The van der Waals surface area contributed by atoms with Crippen LogP contribution in [0.1, 0.15) is 25.3 Å².